The molecule has 0 aliphatic carbocycles. The van der Waals surface area contributed by atoms with Crippen LogP contribution in [-0.4, -0.2) is 29.2 Å². The number of rotatable bonds is 7. The standard InChI is InChI=1S/C26H24N2O4/c1-3-32-23-14-13-18(16-28-25(30)20-11-7-8-12-21(20)26(28)31)15-22(23)24(29)27-17(2)19-9-5-4-6-10-19/h4-15,17H,3,16H2,1-2H3,(H,27,29). The minimum atomic E-state index is -0.330. The molecule has 1 aliphatic heterocycles. The molecule has 1 N–H and O–H groups in total. The highest BCUT2D eigenvalue weighted by Gasteiger charge is 2.35. The summed E-state index contributed by atoms with van der Waals surface area (Å²) in [7, 11) is 0. The van der Waals surface area contributed by atoms with Gasteiger partial charge in [0.25, 0.3) is 17.7 Å². The van der Waals surface area contributed by atoms with Gasteiger partial charge in [0, 0.05) is 0 Å². The molecule has 1 aliphatic rings. The van der Waals surface area contributed by atoms with Gasteiger partial charge in [-0.3, -0.25) is 19.3 Å². The Kier molecular flexibility index (Phi) is 6.03. The summed E-state index contributed by atoms with van der Waals surface area (Å²) >= 11 is 0. The number of carbonyl (C=O) groups excluding carboxylic acids is 3. The van der Waals surface area contributed by atoms with Gasteiger partial charge in [0.2, 0.25) is 0 Å². The van der Waals surface area contributed by atoms with E-state index in [4.69, 9.17) is 4.74 Å². The molecule has 0 radical (unpaired) electrons. The summed E-state index contributed by atoms with van der Waals surface area (Å²) in [6.07, 6.45) is 0. The molecule has 3 amide bonds. The third-order valence-electron chi connectivity index (χ3n) is 5.45. The summed E-state index contributed by atoms with van der Waals surface area (Å²) in [5, 5.41) is 3.00. The Hall–Kier alpha value is -3.93. The fourth-order valence-electron chi connectivity index (χ4n) is 3.80. The van der Waals surface area contributed by atoms with Crippen molar-refractivity contribution in [2.75, 3.05) is 6.61 Å². The van der Waals surface area contributed by atoms with Crippen LogP contribution >= 0.6 is 0 Å². The van der Waals surface area contributed by atoms with E-state index in [0.717, 1.165) is 5.56 Å². The maximum Gasteiger partial charge on any atom is 0.261 e. The second kappa shape index (κ2) is 9.06. The van der Waals surface area contributed by atoms with Crippen LogP contribution in [0.3, 0.4) is 0 Å². The number of benzene rings is 3. The minimum absolute atomic E-state index is 0.0767. The van der Waals surface area contributed by atoms with Crippen LogP contribution < -0.4 is 10.1 Å². The number of carbonyl (C=O) groups is 3. The molecule has 0 spiro atoms. The first-order valence-corrected chi connectivity index (χ1v) is 10.6. The molecule has 3 aromatic rings. The summed E-state index contributed by atoms with van der Waals surface area (Å²) in [6, 6.07) is 21.4. The van der Waals surface area contributed by atoms with E-state index < -0.39 is 0 Å². The molecular formula is C26H24N2O4. The van der Waals surface area contributed by atoms with Gasteiger partial charge in [0.05, 0.1) is 35.9 Å². The van der Waals surface area contributed by atoms with Crippen LogP contribution in [0.5, 0.6) is 5.75 Å². The highest BCUT2D eigenvalue weighted by Crippen LogP contribution is 2.27. The maximum absolute atomic E-state index is 13.1. The number of fused-ring (bicyclic) bond motifs is 1. The highest BCUT2D eigenvalue weighted by atomic mass is 16.5. The number of amides is 3. The number of nitrogens with one attached hydrogen (secondary N) is 1. The SMILES string of the molecule is CCOc1ccc(CN2C(=O)c3ccccc3C2=O)cc1C(=O)NC(C)c1ccccc1. The highest BCUT2D eigenvalue weighted by molar-refractivity contribution is 6.21. The van der Waals surface area contributed by atoms with Gasteiger partial charge < -0.3 is 10.1 Å². The lowest BCUT2D eigenvalue weighted by molar-refractivity contribution is 0.0642. The van der Waals surface area contributed by atoms with E-state index in [2.05, 4.69) is 5.32 Å². The molecule has 0 bridgehead atoms. The molecular weight excluding hydrogens is 404 g/mol. The average molecular weight is 428 g/mol. The molecule has 6 heteroatoms. The zero-order chi connectivity index (χ0) is 22.7. The van der Waals surface area contributed by atoms with Gasteiger partial charge in [-0.05, 0) is 49.2 Å². The molecule has 3 aromatic carbocycles. The van der Waals surface area contributed by atoms with Crippen LogP contribution in [0.1, 0.15) is 62.1 Å². The van der Waals surface area contributed by atoms with Crippen LogP contribution in [-0.2, 0) is 6.54 Å². The predicted octanol–water partition coefficient (Wildman–Crippen LogP) is 4.37. The molecule has 162 valence electrons. The van der Waals surface area contributed by atoms with E-state index >= 15 is 0 Å². The summed E-state index contributed by atoms with van der Waals surface area (Å²) < 4.78 is 5.66. The van der Waals surface area contributed by atoms with Gasteiger partial charge in [-0.15, -0.1) is 0 Å². The van der Waals surface area contributed by atoms with Gasteiger partial charge in [0.15, 0.2) is 0 Å². The second-order valence-corrected chi connectivity index (χ2v) is 7.61. The summed E-state index contributed by atoms with van der Waals surface area (Å²) in [6.45, 7) is 4.25. The topological polar surface area (TPSA) is 75.7 Å². The van der Waals surface area contributed by atoms with E-state index in [9.17, 15) is 14.4 Å². The van der Waals surface area contributed by atoms with Crippen molar-refractivity contribution >= 4 is 17.7 Å². The second-order valence-electron chi connectivity index (χ2n) is 7.61. The maximum atomic E-state index is 13.1. The van der Waals surface area contributed by atoms with Crippen molar-refractivity contribution in [1.82, 2.24) is 10.2 Å². The normalized spacial score (nSPS) is 13.6. The van der Waals surface area contributed by atoms with E-state index in [1.807, 2.05) is 44.2 Å². The Morgan fingerprint density at radius 2 is 1.56 bits per heavy atom. The van der Waals surface area contributed by atoms with Gasteiger partial charge >= 0.3 is 0 Å². The molecule has 32 heavy (non-hydrogen) atoms. The van der Waals surface area contributed by atoms with Gasteiger partial charge in [0.1, 0.15) is 5.75 Å². The van der Waals surface area contributed by atoms with Gasteiger partial charge in [-0.1, -0.05) is 48.5 Å². The lowest BCUT2D eigenvalue weighted by Gasteiger charge is -2.18. The molecule has 1 unspecified atom stereocenters. The van der Waals surface area contributed by atoms with Crippen LogP contribution in [0.15, 0.2) is 72.8 Å². The lowest BCUT2D eigenvalue weighted by Crippen LogP contribution is -2.30. The number of hydrogen-bond donors (Lipinski definition) is 1. The first kappa shape index (κ1) is 21.3. The molecule has 1 heterocycles. The number of hydrogen-bond acceptors (Lipinski definition) is 4. The molecule has 0 aromatic heterocycles. The number of imide groups is 1. The van der Waals surface area contributed by atoms with Crippen molar-refractivity contribution in [3.8, 4) is 5.75 Å². The number of ether oxygens (including phenoxy) is 1. The smallest absolute Gasteiger partial charge is 0.261 e. The molecule has 6 nitrogen and oxygen atoms in total. The quantitative estimate of drug-likeness (QED) is 0.567. The van der Waals surface area contributed by atoms with E-state index in [1.165, 1.54) is 4.90 Å². The molecule has 0 saturated heterocycles. The summed E-state index contributed by atoms with van der Waals surface area (Å²) in [5.41, 5.74) is 2.82. The zero-order valence-corrected chi connectivity index (χ0v) is 18.0. The van der Waals surface area contributed by atoms with Gasteiger partial charge in [-0.2, -0.15) is 0 Å². The van der Waals surface area contributed by atoms with Crippen LogP contribution in [0.4, 0.5) is 0 Å². The van der Waals surface area contributed by atoms with Crippen LogP contribution in [0, 0.1) is 0 Å². The molecule has 0 saturated carbocycles. The van der Waals surface area contributed by atoms with E-state index in [-0.39, 0.29) is 30.3 Å². The predicted molar refractivity (Wildman–Crippen MR) is 121 cm³/mol. The molecule has 0 fully saturated rings. The molecule has 4 rings (SSSR count). The third-order valence-corrected chi connectivity index (χ3v) is 5.45. The first-order chi connectivity index (χ1) is 15.5. The van der Waals surface area contributed by atoms with Crippen molar-refractivity contribution in [3.05, 3.63) is 101 Å². The average Bonchev–Trinajstić information content (AvgIpc) is 3.05. The van der Waals surface area contributed by atoms with Crippen molar-refractivity contribution in [2.45, 2.75) is 26.4 Å². The fraction of sp³-hybridized carbons (Fsp3) is 0.192. The van der Waals surface area contributed by atoms with Crippen molar-refractivity contribution in [3.63, 3.8) is 0 Å². The Morgan fingerprint density at radius 1 is 0.938 bits per heavy atom. The first-order valence-electron chi connectivity index (χ1n) is 10.6. The Morgan fingerprint density at radius 3 is 2.19 bits per heavy atom. The van der Waals surface area contributed by atoms with E-state index in [0.29, 0.717) is 34.6 Å². The Labute approximate surface area is 186 Å². The van der Waals surface area contributed by atoms with E-state index in [1.54, 1.807) is 42.5 Å². The summed E-state index contributed by atoms with van der Waals surface area (Å²) in [4.78, 5) is 39.7. The van der Waals surface area contributed by atoms with Crippen LogP contribution in [0.25, 0.3) is 0 Å². The largest absolute Gasteiger partial charge is 0.493 e. The molecule has 1 atom stereocenters. The third kappa shape index (κ3) is 4.12. The fourth-order valence-corrected chi connectivity index (χ4v) is 3.80. The summed E-state index contributed by atoms with van der Waals surface area (Å²) in [5.74, 6) is -0.489. The zero-order valence-electron chi connectivity index (χ0n) is 18.0. The van der Waals surface area contributed by atoms with Gasteiger partial charge in [-0.25, -0.2) is 0 Å². The van der Waals surface area contributed by atoms with Crippen molar-refractivity contribution in [1.29, 1.82) is 0 Å². The Bertz CT molecular complexity index is 1140. The Balaban J connectivity index is 1.58. The van der Waals surface area contributed by atoms with Crippen molar-refractivity contribution in [2.24, 2.45) is 0 Å². The minimum Gasteiger partial charge on any atom is -0.493 e. The number of nitrogens with zero attached hydrogens (tertiary/aromatic N) is 1. The lowest BCUT2D eigenvalue weighted by atomic mass is 10.1. The van der Waals surface area contributed by atoms with Crippen LogP contribution in [0.2, 0.25) is 0 Å². The monoisotopic (exact) mass is 428 g/mol. The van der Waals surface area contributed by atoms with Crippen molar-refractivity contribution < 1.29 is 19.1 Å².